The highest BCUT2D eigenvalue weighted by Crippen LogP contribution is 2.28. The van der Waals surface area contributed by atoms with E-state index in [0.717, 1.165) is 14.9 Å². The molecule has 10 nitrogen and oxygen atoms in total. The van der Waals surface area contributed by atoms with Crippen LogP contribution in [0.3, 0.4) is 0 Å². The van der Waals surface area contributed by atoms with Gasteiger partial charge < -0.3 is 0 Å². The van der Waals surface area contributed by atoms with E-state index in [1.807, 2.05) is 17.5 Å². The molecule has 0 saturated heterocycles. The number of carbonyl (C=O) groups excluding carboxylic acids is 1. The molecule has 4 rings (SSSR count). The van der Waals surface area contributed by atoms with Crippen molar-refractivity contribution in [2.45, 2.75) is 16.6 Å². The number of thioether (sulfide) groups is 1. The van der Waals surface area contributed by atoms with Gasteiger partial charge in [-0.15, -0.1) is 21.5 Å². The molecule has 3 heterocycles. The predicted molar refractivity (Wildman–Crippen MR) is 113 cm³/mol. The zero-order valence-corrected chi connectivity index (χ0v) is 17.6. The maximum absolute atomic E-state index is 12.3. The summed E-state index contributed by atoms with van der Waals surface area (Å²) in [5, 5.41) is 29.8. The SMILES string of the molecule is N#Cc1ccc(CSc2nnc(NC(=O)Cn3nnn(-c4cccs4)c3=O)s2)cc1. The summed E-state index contributed by atoms with van der Waals surface area (Å²) in [6.07, 6.45) is 0. The average Bonchev–Trinajstić information content (AvgIpc) is 3.50. The zero-order valence-electron chi connectivity index (χ0n) is 15.1. The fraction of sp³-hybridized carbons (Fsp3) is 0.118. The van der Waals surface area contributed by atoms with E-state index in [0.29, 0.717) is 25.8 Å². The number of hydrogen-bond acceptors (Lipinski definition) is 10. The number of carbonyl (C=O) groups is 1. The van der Waals surface area contributed by atoms with Crippen molar-refractivity contribution in [3.8, 4) is 11.1 Å². The van der Waals surface area contributed by atoms with E-state index in [2.05, 4.69) is 32.0 Å². The third-order valence-corrected chi connectivity index (χ3v) is 6.63. The van der Waals surface area contributed by atoms with Gasteiger partial charge in [-0.1, -0.05) is 35.2 Å². The van der Waals surface area contributed by atoms with E-state index in [9.17, 15) is 9.59 Å². The number of nitrogens with zero attached hydrogens (tertiary/aromatic N) is 7. The summed E-state index contributed by atoms with van der Waals surface area (Å²) in [4.78, 5) is 24.5. The van der Waals surface area contributed by atoms with E-state index < -0.39 is 11.6 Å². The Morgan fingerprint density at radius 3 is 2.77 bits per heavy atom. The van der Waals surface area contributed by atoms with Crippen LogP contribution in [0.5, 0.6) is 0 Å². The van der Waals surface area contributed by atoms with E-state index in [1.54, 1.807) is 24.3 Å². The molecule has 0 spiro atoms. The minimum absolute atomic E-state index is 0.280. The Kier molecular flexibility index (Phi) is 5.98. The van der Waals surface area contributed by atoms with Crippen LogP contribution in [-0.4, -0.2) is 35.9 Å². The van der Waals surface area contributed by atoms with Gasteiger partial charge in [0.2, 0.25) is 11.0 Å². The number of amides is 1. The van der Waals surface area contributed by atoms with E-state index in [-0.39, 0.29) is 6.54 Å². The number of hydrogen-bond donors (Lipinski definition) is 1. The summed E-state index contributed by atoms with van der Waals surface area (Å²) in [6.45, 7) is -0.280. The molecule has 0 fully saturated rings. The quantitative estimate of drug-likeness (QED) is 0.330. The summed E-state index contributed by atoms with van der Waals surface area (Å²) >= 11 is 4.06. The molecule has 0 atom stereocenters. The van der Waals surface area contributed by atoms with Crippen LogP contribution < -0.4 is 11.0 Å². The van der Waals surface area contributed by atoms with Gasteiger partial charge in [0.1, 0.15) is 11.5 Å². The Morgan fingerprint density at radius 1 is 1.20 bits per heavy atom. The van der Waals surface area contributed by atoms with Crippen molar-refractivity contribution in [2.75, 3.05) is 5.32 Å². The Morgan fingerprint density at radius 2 is 2.03 bits per heavy atom. The third-order valence-electron chi connectivity index (χ3n) is 3.75. The summed E-state index contributed by atoms with van der Waals surface area (Å²) in [5.74, 6) is 0.213. The number of anilines is 1. The van der Waals surface area contributed by atoms with E-state index >= 15 is 0 Å². The van der Waals surface area contributed by atoms with Crippen LogP contribution in [0.4, 0.5) is 5.13 Å². The van der Waals surface area contributed by atoms with Crippen LogP contribution >= 0.6 is 34.4 Å². The Labute approximate surface area is 181 Å². The molecule has 150 valence electrons. The number of rotatable bonds is 7. The molecule has 0 radical (unpaired) electrons. The largest absolute Gasteiger partial charge is 0.369 e. The van der Waals surface area contributed by atoms with E-state index in [1.165, 1.54) is 34.4 Å². The fourth-order valence-corrected chi connectivity index (χ4v) is 4.73. The van der Waals surface area contributed by atoms with Crippen molar-refractivity contribution < 1.29 is 4.79 Å². The Balaban J connectivity index is 1.33. The molecular formula is C17H12N8O2S3. The van der Waals surface area contributed by atoms with Crippen molar-refractivity contribution >= 4 is 45.5 Å². The highest BCUT2D eigenvalue weighted by Gasteiger charge is 2.14. The Hall–Kier alpha value is -3.34. The average molecular weight is 457 g/mol. The van der Waals surface area contributed by atoms with Gasteiger partial charge in [-0.05, 0) is 45.6 Å². The van der Waals surface area contributed by atoms with Crippen LogP contribution in [0.1, 0.15) is 11.1 Å². The molecule has 4 aromatic rings. The fourth-order valence-electron chi connectivity index (χ4n) is 2.34. The van der Waals surface area contributed by atoms with Gasteiger partial charge in [-0.25, -0.2) is 4.79 Å². The molecular weight excluding hydrogens is 444 g/mol. The van der Waals surface area contributed by atoms with Crippen molar-refractivity contribution in [3.63, 3.8) is 0 Å². The normalized spacial score (nSPS) is 10.6. The van der Waals surface area contributed by atoms with Crippen molar-refractivity contribution in [1.82, 2.24) is 30.0 Å². The number of aromatic nitrogens is 6. The van der Waals surface area contributed by atoms with Gasteiger partial charge >= 0.3 is 5.69 Å². The molecule has 13 heteroatoms. The summed E-state index contributed by atoms with van der Waals surface area (Å²) < 4.78 is 2.81. The van der Waals surface area contributed by atoms with Crippen LogP contribution in [0.25, 0.3) is 5.00 Å². The maximum atomic E-state index is 12.3. The minimum Gasteiger partial charge on any atom is -0.299 e. The standard InChI is InChI=1S/C17H12N8O2S3/c18-8-11-3-5-12(6-4-11)10-29-16-21-20-15(30-16)19-13(26)9-24-17(27)25(23-22-24)14-2-1-7-28-14/h1-7H,9-10H2,(H,19,20,26). The molecule has 1 aromatic carbocycles. The first-order valence-electron chi connectivity index (χ1n) is 8.44. The van der Waals surface area contributed by atoms with Gasteiger partial charge in [-0.3, -0.25) is 10.1 Å². The summed E-state index contributed by atoms with van der Waals surface area (Å²) in [7, 11) is 0. The first-order chi connectivity index (χ1) is 14.6. The third kappa shape index (κ3) is 4.62. The second-order valence-electron chi connectivity index (χ2n) is 5.80. The van der Waals surface area contributed by atoms with Crippen LogP contribution in [-0.2, 0) is 17.1 Å². The lowest BCUT2D eigenvalue weighted by molar-refractivity contribution is -0.117. The van der Waals surface area contributed by atoms with Crippen LogP contribution in [0.15, 0.2) is 50.9 Å². The summed E-state index contributed by atoms with van der Waals surface area (Å²) in [5.41, 5.74) is 1.16. The lowest BCUT2D eigenvalue weighted by Gasteiger charge is -1.99. The predicted octanol–water partition coefficient (Wildman–Crippen LogP) is 2.14. The van der Waals surface area contributed by atoms with Gasteiger partial charge in [0.15, 0.2) is 4.34 Å². The van der Waals surface area contributed by atoms with Crippen molar-refractivity contribution in [2.24, 2.45) is 0 Å². The Bertz CT molecular complexity index is 1250. The van der Waals surface area contributed by atoms with Crippen molar-refractivity contribution in [1.29, 1.82) is 5.26 Å². The number of tetrazole rings is 1. The second-order valence-corrected chi connectivity index (χ2v) is 8.93. The van der Waals surface area contributed by atoms with Gasteiger partial charge in [0.25, 0.3) is 0 Å². The highest BCUT2D eigenvalue weighted by atomic mass is 32.2. The molecule has 0 unspecified atom stereocenters. The van der Waals surface area contributed by atoms with E-state index in [4.69, 9.17) is 5.26 Å². The molecule has 0 bridgehead atoms. The number of thiophene rings is 1. The zero-order chi connectivity index (χ0) is 20.9. The first kappa shape index (κ1) is 20.0. The molecule has 30 heavy (non-hydrogen) atoms. The second kappa shape index (κ2) is 8.99. The van der Waals surface area contributed by atoms with Crippen molar-refractivity contribution in [3.05, 3.63) is 63.4 Å². The van der Waals surface area contributed by atoms with Crippen LogP contribution in [0, 0.1) is 11.3 Å². The minimum atomic E-state index is -0.497. The molecule has 0 aliphatic rings. The highest BCUT2D eigenvalue weighted by molar-refractivity contribution is 8.00. The molecule has 1 N–H and O–H groups in total. The molecule has 1 amide bonds. The molecule has 0 aliphatic heterocycles. The number of benzene rings is 1. The lowest BCUT2D eigenvalue weighted by Crippen LogP contribution is -2.29. The topological polar surface area (TPSA) is 131 Å². The smallest absolute Gasteiger partial charge is 0.299 e. The molecule has 0 saturated carbocycles. The number of nitriles is 1. The first-order valence-corrected chi connectivity index (χ1v) is 11.1. The van der Waals surface area contributed by atoms with Gasteiger partial charge in [-0.2, -0.15) is 14.6 Å². The van der Waals surface area contributed by atoms with Gasteiger partial charge in [0, 0.05) is 5.75 Å². The van der Waals surface area contributed by atoms with Crippen LogP contribution in [0.2, 0.25) is 0 Å². The van der Waals surface area contributed by atoms with Gasteiger partial charge in [0.05, 0.1) is 11.6 Å². The lowest BCUT2D eigenvalue weighted by atomic mass is 10.2. The monoisotopic (exact) mass is 456 g/mol. The molecule has 0 aliphatic carbocycles. The summed E-state index contributed by atoms with van der Waals surface area (Å²) in [6, 6.07) is 12.9. The maximum Gasteiger partial charge on any atom is 0.369 e. The number of nitrogens with one attached hydrogen (secondary N) is 1. The molecule has 3 aromatic heterocycles.